The maximum atomic E-state index is 4.03. The molecule has 3 nitrogen and oxygen atoms in total. The van der Waals surface area contributed by atoms with Gasteiger partial charge in [0.15, 0.2) is 0 Å². The van der Waals surface area contributed by atoms with Crippen molar-refractivity contribution in [1.29, 1.82) is 0 Å². The summed E-state index contributed by atoms with van der Waals surface area (Å²) in [4.78, 5) is 6.06. The Morgan fingerprint density at radius 3 is 2.83 bits per heavy atom. The first-order valence-electron chi connectivity index (χ1n) is 3.98. The molecule has 0 atom stereocenters. The average Bonchev–Trinajstić information content (AvgIpc) is 2.36. The molecule has 0 saturated carbocycles. The zero-order valence-corrected chi connectivity index (χ0v) is 7.86. The van der Waals surface area contributed by atoms with E-state index in [9.17, 15) is 0 Å². The van der Waals surface area contributed by atoms with E-state index in [1.807, 2.05) is 49.3 Å². The summed E-state index contributed by atoms with van der Waals surface area (Å²) in [6.07, 6.45) is 8.82. The Hall–Kier alpha value is -1.25. The van der Waals surface area contributed by atoms with Crippen LogP contribution in [0.25, 0.3) is 0 Å². The normalized spacial score (nSPS) is 10.9. The van der Waals surface area contributed by atoms with Gasteiger partial charge in [-0.1, -0.05) is 6.08 Å². The third kappa shape index (κ3) is 2.42. The van der Waals surface area contributed by atoms with Crippen LogP contribution in [0.4, 0.5) is 0 Å². The third-order valence-corrected chi connectivity index (χ3v) is 1.65. The quantitative estimate of drug-likeness (QED) is 0.667. The van der Waals surface area contributed by atoms with Crippen LogP contribution < -0.4 is 0 Å². The van der Waals surface area contributed by atoms with Crippen LogP contribution in [-0.4, -0.2) is 28.5 Å². The largest absolute Gasteiger partial charge is 0.384 e. The number of imidazole rings is 1. The molecule has 0 saturated heterocycles. The first-order valence-corrected chi connectivity index (χ1v) is 3.98. The minimum Gasteiger partial charge on any atom is -0.384 e. The van der Waals surface area contributed by atoms with Gasteiger partial charge in [0, 0.05) is 39.5 Å². The Balaban J connectivity index is 2.48. The smallest absolute Gasteiger partial charge is 0.0945 e. The van der Waals surface area contributed by atoms with Gasteiger partial charge in [-0.2, -0.15) is 0 Å². The fourth-order valence-corrected chi connectivity index (χ4v) is 0.966. The Kier molecular flexibility index (Phi) is 2.91. The highest BCUT2D eigenvalue weighted by Gasteiger charge is 1.93. The molecule has 0 aliphatic carbocycles. The van der Waals surface area contributed by atoms with Gasteiger partial charge >= 0.3 is 0 Å². The van der Waals surface area contributed by atoms with Crippen LogP contribution in [0.15, 0.2) is 24.8 Å². The molecule has 1 heterocycles. The van der Waals surface area contributed by atoms with E-state index in [2.05, 4.69) is 11.1 Å². The lowest BCUT2D eigenvalue weighted by atomic mass is 10.3. The maximum Gasteiger partial charge on any atom is 0.0945 e. The highest BCUT2D eigenvalue weighted by molar-refractivity contribution is 5.03. The van der Waals surface area contributed by atoms with E-state index in [-0.39, 0.29) is 0 Å². The lowest BCUT2D eigenvalue weighted by Crippen LogP contribution is -2.01. The van der Waals surface area contributed by atoms with Gasteiger partial charge in [-0.25, -0.2) is 4.98 Å². The van der Waals surface area contributed by atoms with E-state index in [0.717, 1.165) is 6.42 Å². The van der Waals surface area contributed by atoms with Gasteiger partial charge in [0.2, 0.25) is 0 Å². The Morgan fingerprint density at radius 1 is 1.58 bits per heavy atom. The lowest BCUT2D eigenvalue weighted by molar-refractivity contribution is 0.561. The summed E-state index contributed by atoms with van der Waals surface area (Å²) in [5.41, 5.74) is 1.23. The predicted octanol–water partition coefficient (Wildman–Crippen LogP) is 1.04. The van der Waals surface area contributed by atoms with Crippen molar-refractivity contribution < 1.29 is 0 Å². The fourth-order valence-electron chi connectivity index (χ4n) is 0.966. The van der Waals surface area contributed by atoms with Gasteiger partial charge in [-0.05, 0) is 6.20 Å². The number of hydrogen-bond acceptors (Lipinski definition) is 2. The number of rotatable bonds is 3. The molecule has 1 rings (SSSR count). The van der Waals surface area contributed by atoms with Crippen LogP contribution in [-0.2, 0) is 13.5 Å². The summed E-state index contributed by atoms with van der Waals surface area (Å²) in [5.74, 6) is 0. The number of aryl methyl sites for hydroxylation is 1. The molecule has 0 N–H and O–H groups in total. The van der Waals surface area contributed by atoms with Gasteiger partial charge < -0.3 is 9.47 Å². The lowest BCUT2D eigenvalue weighted by Gasteiger charge is -2.03. The van der Waals surface area contributed by atoms with Crippen LogP contribution >= 0.6 is 0 Å². The highest BCUT2D eigenvalue weighted by Crippen LogP contribution is 1.98. The average molecular weight is 165 g/mol. The van der Waals surface area contributed by atoms with E-state index >= 15 is 0 Å². The van der Waals surface area contributed by atoms with Crippen molar-refractivity contribution in [3.63, 3.8) is 0 Å². The zero-order valence-electron chi connectivity index (χ0n) is 7.86. The summed E-state index contributed by atoms with van der Waals surface area (Å²) < 4.78 is 2.03. The van der Waals surface area contributed by atoms with E-state index in [0.29, 0.717) is 0 Å². The van der Waals surface area contributed by atoms with Crippen LogP contribution in [0, 0.1) is 0 Å². The molecule has 1 aromatic heterocycles. The van der Waals surface area contributed by atoms with Gasteiger partial charge in [-0.3, -0.25) is 0 Å². The van der Waals surface area contributed by atoms with Crippen molar-refractivity contribution in [2.75, 3.05) is 14.1 Å². The van der Waals surface area contributed by atoms with Crippen LogP contribution in [0.2, 0.25) is 0 Å². The number of hydrogen-bond donors (Lipinski definition) is 0. The maximum absolute atomic E-state index is 4.03. The monoisotopic (exact) mass is 165 g/mol. The molecule has 0 radical (unpaired) electrons. The molecule has 66 valence electrons. The molecule has 1 aromatic rings. The number of allylic oxidation sites excluding steroid dienone is 1. The second kappa shape index (κ2) is 3.95. The predicted molar refractivity (Wildman–Crippen MR) is 49.7 cm³/mol. The summed E-state index contributed by atoms with van der Waals surface area (Å²) in [6.45, 7) is 0. The van der Waals surface area contributed by atoms with Crippen molar-refractivity contribution in [1.82, 2.24) is 14.5 Å². The second-order valence-corrected chi connectivity index (χ2v) is 3.05. The van der Waals surface area contributed by atoms with Crippen molar-refractivity contribution in [3.8, 4) is 0 Å². The van der Waals surface area contributed by atoms with Crippen molar-refractivity contribution >= 4 is 0 Å². The number of aromatic nitrogens is 2. The van der Waals surface area contributed by atoms with Crippen molar-refractivity contribution in [2.24, 2.45) is 7.05 Å². The van der Waals surface area contributed by atoms with Gasteiger partial charge in [0.25, 0.3) is 0 Å². The highest BCUT2D eigenvalue weighted by atomic mass is 15.0. The van der Waals surface area contributed by atoms with Crippen molar-refractivity contribution in [2.45, 2.75) is 6.42 Å². The molecule has 0 amide bonds. The first-order chi connectivity index (χ1) is 5.70. The Labute approximate surface area is 73.3 Å². The number of nitrogens with zero attached hydrogens (tertiary/aromatic N) is 3. The summed E-state index contributed by atoms with van der Waals surface area (Å²) in [5, 5.41) is 0. The molecule has 0 unspecified atom stereocenters. The summed E-state index contributed by atoms with van der Waals surface area (Å²) in [6, 6.07) is 0. The van der Waals surface area contributed by atoms with Crippen LogP contribution in [0.3, 0.4) is 0 Å². The Morgan fingerprint density at radius 2 is 2.33 bits per heavy atom. The van der Waals surface area contributed by atoms with E-state index in [4.69, 9.17) is 0 Å². The second-order valence-electron chi connectivity index (χ2n) is 3.05. The molecule has 3 heteroatoms. The zero-order chi connectivity index (χ0) is 8.97. The van der Waals surface area contributed by atoms with Gasteiger partial charge in [0.05, 0.1) is 6.33 Å². The van der Waals surface area contributed by atoms with Gasteiger partial charge in [0.1, 0.15) is 0 Å². The SMILES string of the molecule is CN(C)C=CCc1cncn1C. The molecular weight excluding hydrogens is 150 g/mol. The van der Waals surface area contributed by atoms with E-state index in [1.54, 1.807) is 0 Å². The summed E-state index contributed by atoms with van der Waals surface area (Å²) >= 11 is 0. The molecule has 0 aromatic carbocycles. The fraction of sp³-hybridized carbons (Fsp3) is 0.444. The van der Waals surface area contributed by atoms with Crippen LogP contribution in [0.1, 0.15) is 5.69 Å². The van der Waals surface area contributed by atoms with E-state index in [1.165, 1.54) is 5.69 Å². The molecule has 0 aliphatic heterocycles. The molecule has 0 fully saturated rings. The molecular formula is C9H15N3. The Bertz CT molecular complexity index is 260. The minimum atomic E-state index is 0.939. The topological polar surface area (TPSA) is 21.1 Å². The standard InChI is InChI=1S/C9H15N3/c1-11(2)6-4-5-9-7-10-8-12(9)3/h4,6-8H,5H2,1-3H3. The minimum absolute atomic E-state index is 0.939. The molecule has 0 bridgehead atoms. The van der Waals surface area contributed by atoms with Crippen LogP contribution in [0.5, 0.6) is 0 Å². The van der Waals surface area contributed by atoms with Gasteiger partial charge in [-0.15, -0.1) is 0 Å². The molecule has 12 heavy (non-hydrogen) atoms. The molecule has 0 aliphatic rings. The van der Waals surface area contributed by atoms with Crippen molar-refractivity contribution in [3.05, 3.63) is 30.5 Å². The third-order valence-electron chi connectivity index (χ3n) is 1.65. The van der Waals surface area contributed by atoms with E-state index < -0.39 is 0 Å². The summed E-state index contributed by atoms with van der Waals surface area (Å²) in [7, 11) is 6.03. The molecule has 0 spiro atoms. The first kappa shape index (κ1) is 8.84.